The lowest BCUT2D eigenvalue weighted by molar-refractivity contribution is 0.0403. The van der Waals surface area contributed by atoms with Crippen LogP contribution >= 0.6 is 0 Å². The van der Waals surface area contributed by atoms with Gasteiger partial charge in [-0.3, -0.25) is 0 Å². The lowest BCUT2D eigenvalue weighted by Gasteiger charge is -2.36. The minimum Gasteiger partial charge on any atom is -0.444 e. The Morgan fingerprint density at radius 3 is 2.26 bits per heavy atom. The molecule has 0 bridgehead atoms. The summed E-state index contributed by atoms with van der Waals surface area (Å²) in [5, 5.41) is 19.1. The molecule has 8 nitrogen and oxygen atoms in total. The fraction of sp³-hybridized carbons (Fsp3) is 0.444. The largest absolute Gasteiger partial charge is 0.444 e. The Hall–Kier alpha value is -4.02. The van der Waals surface area contributed by atoms with Gasteiger partial charge in [-0.25, -0.2) is 23.4 Å². The van der Waals surface area contributed by atoms with Crippen LogP contribution in [0.1, 0.15) is 81.1 Å². The van der Waals surface area contributed by atoms with E-state index in [1.807, 2.05) is 18.2 Å². The maximum Gasteiger partial charge on any atom is 0.407 e. The van der Waals surface area contributed by atoms with Crippen LogP contribution in [0, 0.1) is 17.0 Å². The Morgan fingerprint density at radius 2 is 1.63 bits per heavy atom. The van der Waals surface area contributed by atoms with Crippen LogP contribution in [0.3, 0.4) is 0 Å². The number of ether oxygens (including phenoxy) is 1. The lowest BCUT2D eigenvalue weighted by atomic mass is 9.86. The number of anilines is 1. The van der Waals surface area contributed by atoms with Gasteiger partial charge in [0, 0.05) is 18.7 Å². The molecule has 2 unspecified atom stereocenters. The summed E-state index contributed by atoms with van der Waals surface area (Å²) in [7, 11) is 0. The molecular weight excluding hydrogens is 592 g/mol. The topological polar surface area (TPSA) is 100 Å². The molecule has 248 valence electrons. The summed E-state index contributed by atoms with van der Waals surface area (Å²) < 4.78 is 33.3. The van der Waals surface area contributed by atoms with Crippen LogP contribution in [0.5, 0.6) is 0 Å². The Bertz CT molecular complexity index is 1480. The summed E-state index contributed by atoms with van der Waals surface area (Å²) in [6.45, 7) is 12.1. The summed E-state index contributed by atoms with van der Waals surface area (Å²) in [5.41, 5.74) is 2.74. The summed E-state index contributed by atoms with van der Waals surface area (Å²) >= 11 is 0. The molecule has 3 N–H and O–H groups in total. The highest BCUT2D eigenvalue weighted by Crippen LogP contribution is 2.36. The lowest BCUT2D eigenvalue weighted by Crippen LogP contribution is -2.50. The smallest absolute Gasteiger partial charge is 0.407 e. The molecule has 0 spiro atoms. The van der Waals surface area contributed by atoms with Gasteiger partial charge in [0.2, 0.25) is 0 Å². The number of rotatable bonds is 10. The van der Waals surface area contributed by atoms with Gasteiger partial charge in [0.15, 0.2) is 0 Å². The first kappa shape index (κ1) is 34.8. The van der Waals surface area contributed by atoms with Gasteiger partial charge >= 0.3 is 12.1 Å². The maximum atomic E-state index is 14.0. The van der Waals surface area contributed by atoms with E-state index in [2.05, 4.69) is 37.5 Å². The van der Waals surface area contributed by atoms with E-state index in [4.69, 9.17) is 9.57 Å². The van der Waals surface area contributed by atoms with Crippen molar-refractivity contribution in [2.75, 3.05) is 18.2 Å². The third-order valence-corrected chi connectivity index (χ3v) is 7.41. The number of aliphatic hydroxyl groups excluding tert-OH is 1. The quantitative estimate of drug-likeness (QED) is 0.229. The first-order chi connectivity index (χ1) is 21.6. The summed E-state index contributed by atoms with van der Waals surface area (Å²) in [4.78, 5) is 31.4. The molecular formula is C36H45F2N3O5. The molecule has 0 aromatic heterocycles. The van der Waals surface area contributed by atoms with Crippen LogP contribution in [0.15, 0.2) is 66.7 Å². The van der Waals surface area contributed by atoms with Gasteiger partial charge in [0.25, 0.3) is 0 Å². The Balaban J connectivity index is 1.55. The number of carbonyl (C=O) groups is 2. The van der Waals surface area contributed by atoms with Gasteiger partial charge in [0.1, 0.15) is 17.2 Å². The van der Waals surface area contributed by atoms with E-state index >= 15 is 0 Å². The minimum atomic E-state index is -1.14. The van der Waals surface area contributed by atoms with Gasteiger partial charge < -0.3 is 25.3 Å². The van der Waals surface area contributed by atoms with Crippen LogP contribution < -0.4 is 15.7 Å². The molecule has 0 fully saturated rings. The zero-order chi connectivity index (χ0) is 33.6. The number of hydrogen-bond donors (Lipinski definition) is 3. The van der Waals surface area contributed by atoms with Crippen molar-refractivity contribution in [3.05, 3.63) is 101 Å². The van der Waals surface area contributed by atoms with Gasteiger partial charge in [-0.05, 0) is 92.5 Å². The van der Waals surface area contributed by atoms with E-state index in [9.17, 15) is 23.5 Å². The molecule has 3 atom stereocenters. The SMILES string of the molecule is CC(C)(C)Cc1ccc2c(c1)C(NC[C@@H](O)C(Cc1cc(F)cc(F)c1)NC(=O)OC(C)(C)C)CCN2OC(=O)c1ccccc1. The monoisotopic (exact) mass is 637 g/mol. The molecule has 0 saturated heterocycles. The van der Waals surface area contributed by atoms with E-state index < -0.39 is 41.4 Å². The molecule has 4 rings (SSSR count). The zero-order valence-corrected chi connectivity index (χ0v) is 27.4. The van der Waals surface area contributed by atoms with Crippen LogP contribution in [0.25, 0.3) is 0 Å². The first-order valence-corrected chi connectivity index (χ1v) is 15.6. The number of halogens is 2. The van der Waals surface area contributed by atoms with Gasteiger partial charge in [0.05, 0.1) is 29.9 Å². The second kappa shape index (κ2) is 14.6. The number of aliphatic hydroxyl groups is 1. The zero-order valence-electron chi connectivity index (χ0n) is 27.4. The molecule has 1 amide bonds. The average molecular weight is 638 g/mol. The van der Waals surface area contributed by atoms with E-state index in [1.165, 1.54) is 12.1 Å². The number of hydrogen-bond acceptors (Lipinski definition) is 7. The van der Waals surface area contributed by atoms with Crippen molar-refractivity contribution < 1.29 is 33.1 Å². The molecule has 1 heterocycles. The van der Waals surface area contributed by atoms with Crippen LogP contribution in [-0.4, -0.2) is 48.0 Å². The van der Waals surface area contributed by atoms with Crippen LogP contribution in [0.4, 0.5) is 19.3 Å². The Morgan fingerprint density at radius 1 is 0.957 bits per heavy atom. The first-order valence-electron chi connectivity index (χ1n) is 15.6. The molecule has 46 heavy (non-hydrogen) atoms. The van der Waals surface area contributed by atoms with E-state index in [0.29, 0.717) is 18.5 Å². The van der Waals surface area contributed by atoms with Crippen LogP contribution in [-0.2, 0) is 22.4 Å². The molecule has 0 saturated carbocycles. The predicted molar refractivity (Wildman–Crippen MR) is 173 cm³/mol. The Kier molecular flexibility index (Phi) is 11.1. The van der Waals surface area contributed by atoms with Crippen molar-refractivity contribution in [1.82, 2.24) is 10.6 Å². The van der Waals surface area contributed by atoms with E-state index in [0.717, 1.165) is 29.3 Å². The summed E-state index contributed by atoms with van der Waals surface area (Å²) in [6, 6.07) is 16.8. The third kappa shape index (κ3) is 10.3. The number of benzene rings is 3. The predicted octanol–water partition coefficient (Wildman–Crippen LogP) is 6.66. The second-order valence-electron chi connectivity index (χ2n) is 14.0. The normalized spacial score (nSPS) is 16.3. The fourth-order valence-electron chi connectivity index (χ4n) is 5.52. The van der Waals surface area contributed by atoms with Crippen molar-refractivity contribution in [2.24, 2.45) is 5.41 Å². The average Bonchev–Trinajstić information content (AvgIpc) is 2.94. The van der Waals surface area contributed by atoms with Crippen LogP contribution in [0.2, 0.25) is 0 Å². The number of hydroxylamine groups is 1. The molecule has 1 aliphatic rings. The van der Waals surface area contributed by atoms with E-state index in [1.54, 1.807) is 50.1 Å². The number of carbonyl (C=O) groups excluding carboxylic acids is 2. The van der Waals surface area contributed by atoms with Crippen molar-refractivity contribution in [2.45, 2.75) is 84.6 Å². The molecule has 0 aliphatic carbocycles. The number of amides is 1. The number of nitrogens with zero attached hydrogens (tertiary/aromatic N) is 1. The fourth-order valence-corrected chi connectivity index (χ4v) is 5.52. The molecule has 10 heteroatoms. The van der Waals surface area contributed by atoms with Crippen molar-refractivity contribution in [3.63, 3.8) is 0 Å². The third-order valence-electron chi connectivity index (χ3n) is 7.41. The second-order valence-corrected chi connectivity index (χ2v) is 14.0. The highest BCUT2D eigenvalue weighted by atomic mass is 19.1. The minimum absolute atomic E-state index is 0.0308. The molecule has 3 aromatic carbocycles. The van der Waals surface area contributed by atoms with Gasteiger partial charge in [-0.2, -0.15) is 0 Å². The van der Waals surface area contributed by atoms with Crippen molar-refractivity contribution in [3.8, 4) is 0 Å². The highest BCUT2D eigenvalue weighted by molar-refractivity contribution is 5.90. The summed E-state index contributed by atoms with van der Waals surface area (Å²) in [5.74, 6) is -1.96. The Labute approximate surface area is 270 Å². The molecule has 1 aliphatic heterocycles. The number of fused-ring (bicyclic) bond motifs is 1. The van der Waals surface area contributed by atoms with Crippen molar-refractivity contribution in [1.29, 1.82) is 0 Å². The maximum absolute atomic E-state index is 14.0. The van der Waals surface area contributed by atoms with Gasteiger partial charge in [-0.15, -0.1) is 0 Å². The number of nitrogens with one attached hydrogen (secondary N) is 2. The standard InChI is InChI=1S/C36H45F2N3O5/c1-35(2,3)21-23-12-13-31-28(18-23)29(14-15-41(31)46-33(43)25-10-8-7-9-11-25)39-22-32(42)30(40-34(44)45-36(4,5)6)19-24-16-26(37)20-27(38)17-24/h7-13,16-18,20,29-30,32,39,42H,14-15,19,21-22H2,1-6H3,(H,40,44)/t29?,30?,32-/m1/s1. The molecule has 0 radical (unpaired) electrons. The summed E-state index contributed by atoms with van der Waals surface area (Å²) in [6.07, 6.45) is -0.546. The number of alkyl carbamates (subject to hydrolysis) is 1. The molecule has 3 aromatic rings. The van der Waals surface area contributed by atoms with Crippen molar-refractivity contribution >= 4 is 17.7 Å². The highest BCUT2D eigenvalue weighted by Gasteiger charge is 2.31. The van der Waals surface area contributed by atoms with Gasteiger partial charge in [-0.1, -0.05) is 51.1 Å². The van der Waals surface area contributed by atoms with E-state index in [-0.39, 0.29) is 30.0 Å².